The fourth-order valence-corrected chi connectivity index (χ4v) is 2.52. The number of aromatic nitrogens is 2. The normalized spacial score (nSPS) is 11.2. The van der Waals surface area contributed by atoms with E-state index in [0.29, 0.717) is 0 Å². The van der Waals surface area contributed by atoms with Gasteiger partial charge in [0.05, 0.1) is 11.0 Å². The molecule has 1 aromatic heterocycles. The Kier molecular flexibility index (Phi) is 4.21. The Labute approximate surface area is 133 Å². The van der Waals surface area contributed by atoms with Crippen LogP contribution in [0.2, 0.25) is 0 Å². The van der Waals surface area contributed by atoms with E-state index in [0.717, 1.165) is 34.5 Å². The zero-order valence-corrected chi connectivity index (χ0v) is 12.7. The predicted octanol–water partition coefficient (Wildman–Crippen LogP) is 2.91. The predicted molar refractivity (Wildman–Crippen MR) is 89.0 cm³/mol. The van der Waals surface area contributed by atoms with E-state index < -0.39 is 5.91 Å². The zero-order chi connectivity index (χ0) is 16.2. The molecule has 0 bridgehead atoms. The molecule has 1 amide bonds. The van der Waals surface area contributed by atoms with Crippen molar-refractivity contribution < 1.29 is 10.0 Å². The molecule has 0 atom stereocenters. The largest absolute Gasteiger partial charge is 0.324 e. The van der Waals surface area contributed by atoms with Crippen LogP contribution in [0.15, 0.2) is 54.6 Å². The summed E-state index contributed by atoms with van der Waals surface area (Å²) in [5.74, 6) is 0.435. The number of amides is 1. The minimum Gasteiger partial charge on any atom is -0.324 e. The molecule has 5 heteroatoms. The second-order valence-corrected chi connectivity index (χ2v) is 5.28. The second kappa shape index (κ2) is 6.46. The first-order valence-corrected chi connectivity index (χ1v) is 7.30. The molecule has 0 unspecified atom stereocenters. The number of hydroxylamine groups is 1. The topological polar surface area (TPSA) is 67.2 Å². The zero-order valence-electron chi connectivity index (χ0n) is 12.7. The molecule has 0 aliphatic heterocycles. The van der Waals surface area contributed by atoms with E-state index in [1.54, 1.807) is 11.6 Å². The van der Waals surface area contributed by atoms with Crippen molar-refractivity contribution in [2.45, 2.75) is 13.5 Å². The summed E-state index contributed by atoms with van der Waals surface area (Å²) in [5, 5.41) is 8.45. The number of hydrogen-bond acceptors (Lipinski definition) is 3. The van der Waals surface area contributed by atoms with Crippen molar-refractivity contribution in [1.82, 2.24) is 15.0 Å². The summed E-state index contributed by atoms with van der Waals surface area (Å²) in [6.45, 7) is 2.75. The molecule has 0 spiro atoms. The Balaban J connectivity index is 1.81. The molecule has 23 heavy (non-hydrogen) atoms. The van der Waals surface area contributed by atoms with Crippen LogP contribution in [0, 0.1) is 6.92 Å². The van der Waals surface area contributed by atoms with Gasteiger partial charge in [-0.25, -0.2) is 10.5 Å². The SMILES string of the molecule is Cc1nc2ccccc2n1Cc1ccc(/C=C/C(=O)NO)cc1. The lowest BCUT2D eigenvalue weighted by molar-refractivity contribution is -0.124. The summed E-state index contributed by atoms with van der Waals surface area (Å²) < 4.78 is 2.18. The van der Waals surface area contributed by atoms with Crippen LogP contribution < -0.4 is 5.48 Å². The van der Waals surface area contributed by atoms with Crippen LogP contribution in [0.25, 0.3) is 17.1 Å². The van der Waals surface area contributed by atoms with Gasteiger partial charge in [-0.1, -0.05) is 36.4 Å². The minimum atomic E-state index is -0.547. The number of rotatable bonds is 4. The highest BCUT2D eigenvalue weighted by Gasteiger charge is 2.06. The van der Waals surface area contributed by atoms with Crippen molar-refractivity contribution >= 4 is 23.0 Å². The summed E-state index contributed by atoms with van der Waals surface area (Å²) in [4.78, 5) is 15.5. The van der Waals surface area contributed by atoms with Gasteiger partial charge in [-0.2, -0.15) is 0 Å². The average molecular weight is 307 g/mol. The Morgan fingerprint density at radius 3 is 2.70 bits per heavy atom. The third kappa shape index (κ3) is 3.30. The van der Waals surface area contributed by atoms with Crippen LogP contribution in [0.5, 0.6) is 0 Å². The molecular weight excluding hydrogens is 290 g/mol. The van der Waals surface area contributed by atoms with E-state index in [2.05, 4.69) is 15.6 Å². The highest BCUT2D eigenvalue weighted by atomic mass is 16.5. The van der Waals surface area contributed by atoms with Crippen molar-refractivity contribution in [1.29, 1.82) is 0 Å². The molecule has 1 heterocycles. The lowest BCUT2D eigenvalue weighted by Gasteiger charge is -2.07. The van der Waals surface area contributed by atoms with Crippen LogP contribution >= 0.6 is 0 Å². The first kappa shape index (κ1) is 15.0. The van der Waals surface area contributed by atoms with Gasteiger partial charge in [0.1, 0.15) is 5.82 Å². The summed E-state index contributed by atoms with van der Waals surface area (Å²) in [7, 11) is 0. The standard InChI is InChI=1S/C18H17N3O2/c1-13-19-16-4-2-3-5-17(16)21(13)12-15-8-6-14(7-9-15)10-11-18(22)20-23/h2-11,23H,12H2,1H3,(H,20,22)/b11-10+. The van der Waals surface area contributed by atoms with E-state index in [-0.39, 0.29) is 0 Å². The summed E-state index contributed by atoms with van der Waals surface area (Å²) in [6.07, 6.45) is 2.93. The number of carbonyl (C=O) groups excluding carboxylic acids is 1. The van der Waals surface area contributed by atoms with Gasteiger partial charge in [0.25, 0.3) is 5.91 Å². The number of imidazole rings is 1. The van der Waals surface area contributed by atoms with Crippen molar-refractivity contribution in [2.24, 2.45) is 0 Å². The first-order chi connectivity index (χ1) is 11.2. The van der Waals surface area contributed by atoms with Crippen LogP contribution in [-0.2, 0) is 11.3 Å². The van der Waals surface area contributed by atoms with Gasteiger partial charge in [0.2, 0.25) is 0 Å². The lowest BCUT2D eigenvalue weighted by atomic mass is 10.1. The molecule has 2 N–H and O–H groups in total. The van der Waals surface area contributed by atoms with E-state index in [1.165, 1.54) is 6.08 Å². The maximum atomic E-state index is 11.0. The molecule has 0 aliphatic rings. The first-order valence-electron chi connectivity index (χ1n) is 7.30. The highest BCUT2D eigenvalue weighted by molar-refractivity contribution is 5.90. The van der Waals surface area contributed by atoms with E-state index >= 15 is 0 Å². The maximum absolute atomic E-state index is 11.0. The van der Waals surface area contributed by atoms with E-state index in [1.807, 2.05) is 49.4 Å². The minimum absolute atomic E-state index is 0.547. The summed E-state index contributed by atoms with van der Waals surface area (Å²) >= 11 is 0. The monoisotopic (exact) mass is 307 g/mol. The third-order valence-electron chi connectivity index (χ3n) is 3.70. The van der Waals surface area contributed by atoms with E-state index in [4.69, 9.17) is 5.21 Å². The Morgan fingerprint density at radius 2 is 1.96 bits per heavy atom. The number of nitrogens with one attached hydrogen (secondary N) is 1. The molecule has 3 rings (SSSR count). The molecule has 0 saturated heterocycles. The summed E-state index contributed by atoms with van der Waals surface area (Å²) in [5.41, 5.74) is 5.73. The number of fused-ring (bicyclic) bond motifs is 1. The molecule has 116 valence electrons. The number of benzene rings is 2. The highest BCUT2D eigenvalue weighted by Crippen LogP contribution is 2.17. The van der Waals surface area contributed by atoms with Gasteiger partial charge >= 0.3 is 0 Å². The fraction of sp³-hybridized carbons (Fsp3) is 0.111. The molecule has 0 saturated carbocycles. The quantitative estimate of drug-likeness (QED) is 0.442. The molecule has 5 nitrogen and oxygen atoms in total. The second-order valence-electron chi connectivity index (χ2n) is 5.28. The lowest BCUT2D eigenvalue weighted by Crippen LogP contribution is -2.14. The van der Waals surface area contributed by atoms with Crippen molar-refractivity contribution in [3.05, 3.63) is 71.6 Å². The molecule has 0 radical (unpaired) electrons. The van der Waals surface area contributed by atoms with E-state index in [9.17, 15) is 4.79 Å². The van der Waals surface area contributed by atoms with Crippen LogP contribution in [-0.4, -0.2) is 20.7 Å². The third-order valence-corrected chi connectivity index (χ3v) is 3.70. The molecule has 3 aromatic rings. The smallest absolute Gasteiger partial charge is 0.267 e. The van der Waals surface area contributed by atoms with Crippen molar-refractivity contribution in [2.75, 3.05) is 0 Å². The average Bonchev–Trinajstić information content (AvgIpc) is 2.89. The fourth-order valence-electron chi connectivity index (χ4n) is 2.52. The Hall–Kier alpha value is -2.92. The Bertz CT molecular complexity index is 864. The molecule has 0 aliphatic carbocycles. The van der Waals surface area contributed by atoms with Gasteiger partial charge in [0, 0.05) is 12.6 Å². The maximum Gasteiger partial charge on any atom is 0.267 e. The van der Waals surface area contributed by atoms with Crippen molar-refractivity contribution in [3.8, 4) is 0 Å². The van der Waals surface area contributed by atoms with Gasteiger partial charge in [-0.15, -0.1) is 0 Å². The molecule has 2 aromatic carbocycles. The summed E-state index contributed by atoms with van der Waals surface area (Å²) in [6, 6.07) is 16.0. The molecule has 0 fully saturated rings. The number of hydrogen-bond donors (Lipinski definition) is 2. The van der Waals surface area contributed by atoms with Crippen LogP contribution in [0.3, 0.4) is 0 Å². The number of para-hydroxylation sites is 2. The van der Waals surface area contributed by atoms with Gasteiger partial charge in [-0.3, -0.25) is 10.0 Å². The van der Waals surface area contributed by atoms with Gasteiger partial charge in [-0.05, 0) is 36.3 Å². The Morgan fingerprint density at radius 1 is 1.22 bits per heavy atom. The number of nitrogens with zero attached hydrogens (tertiary/aromatic N) is 2. The number of carbonyl (C=O) groups is 1. The van der Waals surface area contributed by atoms with Crippen molar-refractivity contribution in [3.63, 3.8) is 0 Å². The van der Waals surface area contributed by atoms with Gasteiger partial charge < -0.3 is 4.57 Å². The van der Waals surface area contributed by atoms with Crippen LogP contribution in [0.1, 0.15) is 17.0 Å². The molecular formula is C18H17N3O2. The number of aryl methyl sites for hydroxylation is 1. The van der Waals surface area contributed by atoms with Gasteiger partial charge in [0.15, 0.2) is 0 Å². The van der Waals surface area contributed by atoms with Crippen LogP contribution in [0.4, 0.5) is 0 Å².